The molecule has 2 atom stereocenters. The number of nitrogens with one attached hydrogen (secondary N) is 1. The van der Waals surface area contributed by atoms with Crippen LogP contribution in [0.2, 0.25) is 0 Å². The molecule has 0 aliphatic carbocycles. The molecule has 1 N–H and O–H groups in total. The molecular formula is C12H22N4O3. The maximum absolute atomic E-state index is 5.68. The molecule has 2 rings (SSSR count). The molecule has 0 aromatic carbocycles. The summed E-state index contributed by atoms with van der Waals surface area (Å²) in [5.74, 6) is 0.595. The lowest BCUT2D eigenvalue weighted by Gasteiger charge is -2.33. The van der Waals surface area contributed by atoms with E-state index in [0.29, 0.717) is 25.1 Å². The van der Waals surface area contributed by atoms with Crippen molar-refractivity contribution >= 4 is 6.01 Å². The van der Waals surface area contributed by atoms with E-state index in [1.54, 1.807) is 7.11 Å². The van der Waals surface area contributed by atoms with Gasteiger partial charge in [0.05, 0.1) is 25.4 Å². The predicted octanol–water partition coefficient (Wildman–Crippen LogP) is 0.419. The summed E-state index contributed by atoms with van der Waals surface area (Å²) in [6.07, 6.45) is 0.359. The second-order valence-corrected chi connectivity index (χ2v) is 4.81. The fourth-order valence-electron chi connectivity index (χ4n) is 2.15. The Kier molecular flexibility index (Phi) is 5.12. The molecular weight excluding hydrogens is 248 g/mol. The largest absolute Gasteiger partial charge is 0.407 e. The third-order valence-electron chi connectivity index (χ3n) is 2.91. The van der Waals surface area contributed by atoms with Gasteiger partial charge in [-0.25, -0.2) is 0 Å². The zero-order chi connectivity index (χ0) is 13.7. The van der Waals surface area contributed by atoms with E-state index in [9.17, 15) is 0 Å². The molecule has 0 saturated carbocycles. The number of rotatable bonds is 6. The minimum atomic E-state index is 0.180. The fourth-order valence-corrected chi connectivity index (χ4v) is 2.15. The molecule has 0 spiro atoms. The Morgan fingerprint density at radius 1 is 1.32 bits per heavy atom. The summed E-state index contributed by atoms with van der Waals surface area (Å²) in [6.45, 7) is 7.65. The highest BCUT2D eigenvalue weighted by Crippen LogP contribution is 2.18. The van der Waals surface area contributed by atoms with Gasteiger partial charge in [0.2, 0.25) is 5.89 Å². The zero-order valence-corrected chi connectivity index (χ0v) is 11.8. The molecule has 7 nitrogen and oxygen atoms in total. The van der Waals surface area contributed by atoms with Gasteiger partial charge < -0.3 is 24.1 Å². The van der Waals surface area contributed by atoms with Crippen molar-refractivity contribution in [2.75, 3.05) is 38.3 Å². The molecule has 1 aliphatic rings. The van der Waals surface area contributed by atoms with Crippen LogP contribution in [0.4, 0.5) is 6.01 Å². The summed E-state index contributed by atoms with van der Waals surface area (Å²) in [5, 5.41) is 11.3. The maximum Gasteiger partial charge on any atom is 0.318 e. The van der Waals surface area contributed by atoms with Crippen LogP contribution >= 0.6 is 0 Å². The fraction of sp³-hybridized carbons (Fsp3) is 0.833. The third-order valence-corrected chi connectivity index (χ3v) is 2.91. The van der Waals surface area contributed by atoms with Crippen molar-refractivity contribution in [2.45, 2.75) is 32.6 Å². The van der Waals surface area contributed by atoms with Gasteiger partial charge >= 0.3 is 6.01 Å². The number of morpholine rings is 1. The first-order valence-electron chi connectivity index (χ1n) is 6.61. The van der Waals surface area contributed by atoms with Gasteiger partial charge in [-0.1, -0.05) is 5.10 Å². The zero-order valence-electron chi connectivity index (χ0n) is 11.8. The van der Waals surface area contributed by atoms with E-state index in [4.69, 9.17) is 13.9 Å². The van der Waals surface area contributed by atoms with Gasteiger partial charge in [0.15, 0.2) is 0 Å². The number of nitrogens with zero attached hydrogens (tertiary/aromatic N) is 3. The highest BCUT2D eigenvalue weighted by molar-refractivity contribution is 5.25. The van der Waals surface area contributed by atoms with Gasteiger partial charge in [-0.2, -0.15) is 0 Å². The van der Waals surface area contributed by atoms with Crippen molar-refractivity contribution in [1.29, 1.82) is 0 Å². The normalized spacial score (nSPS) is 23.8. The van der Waals surface area contributed by atoms with E-state index in [0.717, 1.165) is 19.6 Å². The smallest absolute Gasteiger partial charge is 0.318 e. The SMILES string of the molecule is COCCNCc1nnc(N2CC(C)OC(C)C2)o1. The molecule has 1 saturated heterocycles. The molecule has 0 bridgehead atoms. The Morgan fingerprint density at radius 2 is 2.05 bits per heavy atom. The molecule has 1 aliphatic heterocycles. The average molecular weight is 270 g/mol. The summed E-state index contributed by atoms with van der Waals surface area (Å²) < 4.78 is 16.3. The van der Waals surface area contributed by atoms with E-state index in [-0.39, 0.29) is 12.2 Å². The monoisotopic (exact) mass is 270 g/mol. The summed E-state index contributed by atoms with van der Waals surface area (Å²) >= 11 is 0. The number of anilines is 1. The quantitative estimate of drug-likeness (QED) is 0.751. The summed E-state index contributed by atoms with van der Waals surface area (Å²) in [6, 6.07) is 0.575. The molecule has 19 heavy (non-hydrogen) atoms. The minimum absolute atomic E-state index is 0.180. The highest BCUT2D eigenvalue weighted by Gasteiger charge is 2.25. The molecule has 7 heteroatoms. The van der Waals surface area contributed by atoms with Crippen LogP contribution < -0.4 is 10.2 Å². The van der Waals surface area contributed by atoms with E-state index in [1.165, 1.54) is 0 Å². The first-order chi connectivity index (χ1) is 9.19. The maximum atomic E-state index is 5.68. The van der Waals surface area contributed by atoms with Crippen molar-refractivity contribution in [2.24, 2.45) is 0 Å². The molecule has 0 radical (unpaired) electrons. The van der Waals surface area contributed by atoms with Crippen LogP contribution in [0.15, 0.2) is 4.42 Å². The summed E-state index contributed by atoms with van der Waals surface area (Å²) in [5.41, 5.74) is 0. The van der Waals surface area contributed by atoms with Crippen LogP contribution in [0.1, 0.15) is 19.7 Å². The lowest BCUT2D eigenvalue weighted by molar-refractivity contribution is -0.00676. The van der Waals surface area contributed by atoms with E-state index >= 15 is 0 Å². The number of aromatic nitrogens is 2. The topological polar surface area (TPSA) is 72.7 Å². The highest BCUT2D eigenvalue weighted by atomic mass is 16.5. The van der Waals surface area contributed by atoms with Gasteiger partial charge in [-0.15, -0.1) is 5.10 Å². The Bertz CT molecular complexity index is 375. The van der Waals surface area contributed by atoms with Gasteiger partial charge in [-0.3, -0.25) is 0 Å². The number of hydrogen-bond acceptors (Lipinski definition) is 7. The Hall–Kier alpha value is -1.18. The second-order valence-electron chi connectivity index (χ2n) is 4.81. The third kappa shape index (κ3) is 4.15. The van der Waals surface area contributed by atoms with Gasteiger partial charge in [0.1, 0.15) is 0 Å². The van der Waals surface area contributed by atoms with Crippen molar-refractivity contribution in [3.8, 4) is 0 Å². The summed E-state index contributed by atoms with van der Waals surface area (Å²) in [4.78, 5) is 2.07. The minimum Gasteiger partial charge on any atom is -0.407 e. The second kappa shape index (κ2) is 6.83. The van der Waals surface area contributed by atoms with Crippen LogP contribution in [-0.4, -0.2) is 55.8 Å². The Labute approximate surface area is 113 Å². The molecule has 0 amide bonds. The number of methoxy groups -OCH3 is 1. The van der Waals surface area contributed by atoms with Crippen molar-refractivity contribution in [3.63, 3.8) is 0 Å². The van der Waals surface area contributed by atoms with Crippen molar-refractivity contribution in [3.05, 3.63) is 5.89 Å². The number of ether oxygens (including phenoxy) is 2. The first-order valence-corrected chi connectivity index (χ1v) is 6.61. The average Bonchev–Trinajstić information content (AvgIpc) is 2.82. The van der Waals surface area contributed by atoms with E-state index < -0.39 is 0 Å². The van der Waals surface area contributed by atoms with Gasteiger partial charge in [0.25, 0.3) is 0 Å². The van der Waals surface area contributed by atoms with E-state index in [2.05, 4.69) is 20.4 Å². The molecule has 1 aromatic heterocycles. The Balaban J connectivity index is 1.85. The van der Waals surface area contributed by atoms with Crippen LogP contribution in [0.5, 0.6) is 0 Å². The summed E-state index contributed by atoms with van der Waals surface area (Å²) in [7, 11) is 1.67. The lowest BCUT2D eigenvalue weighted by Crippen LogP contribution is -2.45. The number of hydrogen-bond donors (Lipinski definition) is 1. The molecule has 1 fully saturated rings. The lowest BCUT2D eigenvalue weighted by atomic mass is 10.2. The van der Waals surface area contributed by atoms with Crippen LogP contribution in [0.3, 0.4) is 0 Å². The Morgan fingerprint density at radius 3 is 2.74 bits per heavy atom. The van der Waals surface area contributed by atoms with Crippen molar-refractivity contribution < 1.29 is 13.9 Å². The van der Waals surface area contributed by atoms with Crippen LogP contribution in [0, 0.1) is 0 Å². The molecule has 2 unspecified atom stereocenters. The van der Waals surface area contributed by atoms with Crippen LogP contribution in [-0.2, 0) is 16.0 Å². The molecule has 1 aromatic rings. The standard InChI is InChI=1S/C12H22N4O3/c1-9-7-16(8-10(2)18-9)12-15-14-11(19-12)6-13-4-5-17-3/h9-10,13H,4-8H2,1-3H3. The molecule has 108 valence electrons. The van der Waals surface area contributed by atoms with Crippen molar-refractivity contribution in [1.82, 2.24) is 15.5 Å². The van der Waals surface area contributed by atoms with E-state index in [1.807, 2.05) is 13.8 Å². The molecule has 2 heterocycles. The van der Waals surface area contributed by atoms with Gasteiger partial charge in [0, 0.05) is 26.7 Å². The predicted molar refractivity (Wildman–Crippen MR) is 70.1 cm³/mol. The first kappa shape index (κ1) is 14.2. The van der Waals surface area contributed by atoms with Crippen LogP contribution in [0.25, 0.3) is 0 Å². The van der Waals surface area contributed by atoms with Gasteiger partial charge in [-0.05, 0) is 13.8 Å².